The van der Waals surface area contributed by atoms with Crippen LogP contribution in [0.2, 0.25) is 0 Å². The summed E-state index contributed by atoms with van der Waals surface area (Å²) in [5.74, 6) is 1.22. The Hall–Kier alpha value is -2.00. The van der Waals surface area contributed by atoms with Crippen molar-refractivity contribution in [1.82, 2.24) is 20.7 Å². The van der Waals surface area contributed by atoms with E-state index < -0.39 is 0 Å². The number of nitrogens with zero attached hydrogens (tertiary/aromatic N) is 4. The molecule has 3 fully saturated rings. The quantitative estimate of drug-likeness (QED) is 0.833. The van der Waals surface area contributed by atoms with Crippen LogP contribution in [0.15, 0.2) is 10.0 Å². The number of hydrogen-bond acceptors (Lipinski definition) is 8. The van der Waals surface area contributed by atoms with E-state index in [9.17, 15) is 4.79 Å². The summed E-state index contributed by atoms with van der Waals surface area (Å²) in [6.07, 6.45) is 3.07. The summed E-state index contributed by atoms with van der Waals surface area (Å²) in [5.41, 5.74) is 2.98. The number of fused-ring (bicyclic) bond motifs is 1. The second-order valence-electron chi connectivity index (χ2n) is 7.76. The van der Waals surface area contributed by atoms with Gasteiger partial charge in [-0.2, -0.15) is 0 Å². The standard InChI is InChI=1S/C18H23N5O3S/c1-3-13-15(10(2)26-22-13)16(24)19-6-11-12-7-23(17-21-20-9-27-17)8-18(12)5-4-14(11)25-18/h9,11-12,14H,3-8H2,1-2H3,(H,19,24)/t11-,12+,14+,18+/m0/s1. The van der Waals surface area contributed by atoms with Crippen LogP contribution < -0.4 is 10.2 Å². The van der Waals surface area contributed by atoms with Crippen LogP contribution >= 0.6 is 11.3 Å². The maximum atomic E-state index is 12.7. The summed E-state index contributed by atoms with van der Waals surface area (Å²) in [6, 6.07) is 0. The maximum Gasteiger partial charge on any atom is 0.256 e. The van der Waals surface area contributed by atoms with Gasteiger partial charge in [0.25, 0.3) is 5.91 Å². The summed E-state index contributed by atoms with van der Waals surface area (Å²) >= 11 is 1.57. The van der Waals surface area contributed by atoms with Gasteiger partial charge in [0, 0.05) is 31.5 Å². The first kappa shape index (κ1) is 17.1. The van der Waals surface area contributed by atoms with Gasteiger partial charge in [0.2, 0.25) is 5.13 Å². The molecule has 9 heteroatoms. The second kappa shape index (κ2) is 6.27. The highest BCUT2D eigenvalue weighted by atomic mass is 32.1. The fraction of sp³-hybridized carbons (Fsp3) is 0.667. The molecular weight excluding hydrogens is 366 g/mol. The molecule has 4 atom stereocenters. The molecule has 5 heterocycles. The van der Waals surface area contributed by atoms with Crippen LogP contribution in [-0.4, -0.2) is 52.6 Å². The van der Waals surface area contributed by atoms with Gasteiger partial charge < -0.3 is 19.5 Å². The molecule has 5 rings (SSSR count). The number of aryl methyl sites for hydroxylation is 2. The number of aromatic nitrogens is 3. The third kappa shape index (κ3) is 2.59. The summed E-state index contributed by atoms with van der Waals surface area (Å²) in [4.78, 5) is 15.0. The van der Waals surface area contributed by atoms with E-state index in [2.05, 4.69) is 25.6 Å². The van der Waals surface area contributed by atoms with Crippen LogP contribution in [-0.2, 0) is 11.2 Å². The molecule has 144 valence electrons. The minimum atomic E-state index is -0.0959. The van der Waals surface area contributed by atoms with Crippen molar-refractivity contribution in [2.24, 2.45) is 11.8 Å². The highest BCUT2D eigenvalue weighted by Gasteiger charge is 2.63. The zero-order valence-corrected chi connectivity index (χ0v) is 16.3. The normalized spacial score (nSPS) is 31.5. The minimum Gasteiger partial charge on any atom is -0.369 e. The predicted octanol–water partition coefficient (Wildman–Crippen LogP) is 1.81. The molecule has 0 unspecified atom stereocenters. The molecule has 2 bridgehead atoms. The Labute approximate surface area is 161 Å². The first-order chi connectivity index (χ1) is 13.1. The van der Waals surface area contributed by atoms with Gasteiger partial charge in [-0.1, -0.05) is 23.4 Å². The van der Waals surface area contributed by atoms with Gasteiger partial charge in [0.1, 0.15) is 16.8 Å². The molecule has 0 aliphatic carbocycles. The van der Waals surface area contributed by atoms with E-state index in [1.807, 2.05) is 6.92 Å². The third-order valence-electron chi connectivity index (χ3n) is 6.40. The van der Waals surface area contributed by atoms with E-state index in [-0.39, 0.29) is 17.6 Å². The molecule has 2 aromatic heterocycles. The zero-order chi connectivity index (χ0) is 18.6. The number of rotatable bonds is 5. The minimum absolute atomic E-state index is 0.0899. The molecule has 1 amide bonds. The van der Waals surface area contributed by atoms with Crippen molar-refractivity contribution in [3.05, 3.63) is 22.5 Å². The summed E-state index contributed by atoms with van der Waals surface area (Å²) in [5, 5.41) is 16.3. The number of carbonyl (C=O) groups excluding carboxylic acids is 1. The molecule has 0 aromatic carbocycles. The van der Waals surface area contributed by atoms with E-state index >= 15 is 0 Å². The van der Waals surface area contributed by atoms with Crippen LogP contribution in [0.3, 0.4) is 0 Å². The number of hydrogen-bond donors (Lipinski definition) is 1. The van der Waals surface area contributed by atoms with E-state index in [1.54, 1.807) is 23.8 Å². The van der Waals surface area contributed by atoms with Crippen LogP contribution in [0.4, 0.5) is 5.13 Å². The molecule has 8 nitrogen and oxygen atoms in total. The average Bonchev–Trinajstić information content (AvgIpc) is 3.44. The van der Waals surface area contributed by atoms with Crippen molar-refractivity contribution >= 4 is 22.4 Å². The molecule has 3 saturated heterocycles. The molecule has 0 radical (unpaired) electrons. The molecule has 0 saturated carbocycles. The number of nitrogens with one attached hydrogen (secondary N) is 1. The fourth-order valence-corrected chi connectivity index (χ4v) is 5.73. The smallest absolute Gasteiger partial charge is 0.256 e. The molecule has 3 aliphatic rings. The molecule has 1 N–H and O–H groups in total. The van der Waals surface area contributed by atoms with E-state index in [0.29, 0.717) is 41.8 Å². The van der Waals surface area contributed by atoms with Crippen molar-refractivity contribution in [2.75, 3.05) is 24.5 Å². The van der Waals surface area contributed by atoms with Crippen molar-refractivity contribution in [1.29, 1.82) is 0 Å². The van der Waals surface area contributed by atoms with Gasteiger partial charge in [-0.3, -0.25) is 4.79 Å². The summed E-state index contributed by atoms with van der Waals surface area (Å²) < 4.78 is 11.6. The fourth-order valence-electron chi connectivity index (χ4n) is 5.16. The van der Waals surface area contributed by atoms with Gasteiger partial charge in [-0.15, -0.1) is 10.2 Å². The van der Waals surface area contributed by atoms with E-state index in [1.165, 1.54) is 0 Å². The lowest BCUT2D eigenvalue weighted by molar-refractivity contribution is 0.0141. The summed E-state index contributed by atoms with van der Waals surface area (Å²) in [6.45, 7) is 6.17. The Kier molecular flexibility index (Phi) is 3.98. The van der Waals surface area contributed by atoms with Crippen molar-refractivity contribution in [2.45, 2.75) is 44.8 Å². The predicted molar refractivity (Wildman–Crippen MR) is 98.9 cm³/mol. The van der Waals surface area contributed by atoms with Gasteiger partial charge in [0.15, 0.2) is 0 Å². The van der Waals surface area contributed by atoms with Crippen LogP contribution in [0.1, 0.15) is 41.6 Å². The van der Waals surface area contributed by atoms with Gasteiger partial charge in [-0.05, 0) is 26.2 Å². The number of anilines is 1. The first-order valence-corrected chi connectivity index (χ1v) is 10.4. The maximum absolute atomic E-state index is 12.7. The lowest BCUT2D eigenvalue weighted by Crippen LogP contribution is -2.42. The number of ether oxygens (including phenoxy) is 1. The van der Waals surface area contributed by atoms with Crippen LogP contribution in [0.5, 0.6) is 0 Å². The largest absolute Gasteiger partial charge is 0.369 e. The topological polar surface area (TPSA) is 93.4 Å². The average molecular weight is 389 g/mol. The highest BCUT2D eigenvalue weighted by molar-refractivity contribution is 7.13. The molecule has 3 aliphatic heterocycles. The van der Waals surface area contributed by atoms with E-state index in [4.69, 9.17) is 9.26 Å². The Morgan fingerprint density at radius 2 is 2.41 bits per heavy atom. The summed E-state index contributed by atoms with van der Waals surface area (Å²) in [7, 11) is 0. The van der Waals surface area contributed by atoms with Gasteiger partial charge in [-0.25, -0.2) is 0 Å². The molecule has 27 heavy (non-hydrogen) atoms. The van der Waals surface area contributed by atoms with Crippen molar-refractivity contribution in [3.8, 4) is 0 Å². The van der Waals surface area contributed by atoms with Crippen LogP contribution in [0, 0.1) is 18.8 Å². The van der Waals surface area contributed by atoms with Gasteiger partial charge in [0.05, 0.1) is 17.4 Å². The Morgan fingerprint density at radius 1 is 1.52 bits per heavy atom. The molecule has 2 aromatic rings. The third-order valence-corrected chi connectivity index (χ3v) is 7.15. The Bertz CT molecular complexity index is 853. The number of amides is 1. The number of carbonyl (C=O) groups is 1. The highest BCUT2D eigenvalue weighted by Crippen LogP contribution is 2.55. The molecular formula is C18H23N5O3S. The Morgan fingerprint density at radius 3 is 3.19 bits per heavy atom. The molecule has 1 spiro atoms. The first-order valence-electron chi connectivity index (χ1n) is 9.53. The second-order valence-corrected chi connectivity index (χ2v) is 8.57. The zero-order valence-electron chi connectivity index (χ0n) is 15.5. The van der Waals surface area contributed by atoms with E-state index in [0.717, 1.165) is 31.1 Å². The monoisotopic (exact) mass is 389 g/mol. The Balaban J connectivity index is 1.30. The van der Waals surface area contributed by atoms with Crippen molar-refractivity contribution < 1.29 is 14.1 Å². The van der Waals surface area contributed by atoms with Crippen molar-refractivity contribution in [3.63, 3.8) is 0 Å². The lowest BCUT2D eigenvalue weighted by atomic mass is 9.73. The SMILES string of the molecule is CCc1noc(C)c1C(=O)NC[C@H]1[C@H]2CN(c3nncs3)C[C@]23CC[C@H]1O3. The lowest BCUT2D eigenvalue weighted by Gasteiger charge is -2.29. The van der Waals surface area contributed by atoms with Gasteiger partial charge >= 0.3 is 0 Å². The van der Waals surface area contributed by atoms with Crippen LogP contribution in [0.25, 0.3) is 0 Å².